The summed E-state index contributed by atoms with van der Waals surface area (Å²) in [6.45, 7) is 0.318. The fraction of sp³-hybridized carbons (Fsp3) is 0.375. The van der Waals surface area contributed by atoms with Crippen molar-refractivity contribution in [3.8, 4) is 0 Å². The lowest BCUT2D eigenvalue weighted by molar-refractivity contribution is -0.137. The highest BCUT2D eigenvalue weighted by Crippen LogP contribution is 2.32. The monoisotopic (exact) mass is 348 g/mol. The normalized spacial score (nSPS) is 17.7. The second-order valence-electron chi connectivity index (χ2n) is 5.76. The van der Waals surface area contributed by atoms with Gasteiger partial charge in [0.2, 0.25) is 0 Å². The van der Waals surface area contributed by atoms with E-state index in [9.17, 15) is 9.59 Å². The minimum Gasteiger partial charge on any atom is -0.480 e. The van der Waals surface area contributed by atoms with Crippen molar-refractivity contribution in [2.45, 2.75) is 31.8 Å². The van der Waals surface area contributed by atoms with Crippen molar-refractivity contribution in [1.29, 1.82) is 0 Å². The Balaban J connectivity index is 1.82. The number of amides is 1. The number of aromatic nitrogens is 3. The van der Waals surface area contributed by atoms with Crippen LogP contribution in [0, 0.1) is 0 Å². The minimum absolute atomic E-state index is 0.0341. The van der Waals surface area contributed by atoms with Crippen LogP contribution in [0.5, 0.6) is 0 Å². The summed E-state index contributed by atoms with van der Waals surface area (Å²) >= 11 is 5.94. The van der Waals surface area contributed by atoms with E-state index in [0.29, 0.717) is 11.6 Å². The van der Waals surface area contributed by atoms with Crippen molar-refractivity contribution in [3.05, 3.63) is 46.7 Å². The molecule has 7 nitrogen and oxygen atoms in total. The van der Waals surface area contributed by atoms with Gasteiger partial charge in [0.25, 0.3) is 5.91 Å². The van der Waals surface area contributed by atoms with Crippen LogP contribution in [0.1, 0.15) is 41.4 Å². The predicted molar refractivity (Wildman–Crippen MR) is 86.7 cm³/mol. The summed E-state index contributed by atoms with van der Waals surface area (Å²) < 4.78 is 1.15. The van der Waals surface area contributed by atoms with Gasteiger partial charge in [0, 0.05) is 11.6 Å². The Morgan fingerprint density at radius 3 is 2.71 bits per heavy atom. The van der Waals surface area contributed by atoms with E-state index in [1.54, 1.807) is 4.90 Å². The second-order valence-corrected chi connectivity index (χ2v) is 6.19. The fourth-order valence-electron chi connectivity index (χ4n) is 2.97. The smallest absolute Gasteiger partial charge is 0.325 e. The van der Waals surface area contributed by atoms with Gasteiger partial charge in [0.05, 0.1) is 12.2 Å². The molecule has 0 saturated carbocycles. The Hall–Kier alpha value is -2.41. The second kappa shape index (κ2) is 7.00. The molecule has 3 rings (SSSR count). The van der Waals surface area contributed by atoms with Crippen molar-refractivity contribution >= 4 is 23.5 Å². The molecule has 1 saturated heterocycles. The Labute approximate surface area is 143 Å². The molecule has 2 aromatic rings. The van der Waals surface area contributed by atoms with E-state index < -0.39 is 5.97 Å². The number of rotatable bonds is 4. The lowest BCUT2D eigenvalue weighted by atomic mass is 9.95. The molecule has 1 unspecified atom stereocenters. The maximum Gasteiger partial charge on any atom is 0.325 e. The van der Waals surface area contributed by atoms with E-state index in [1.807, 2.05) is 24.3 Å². The number of nitrogens with zero attached hydrogens (tertiary/aromatic N) is 4. The molecule has 126 valence electrons. The van der Waals surface area contributed by atoms with Gasteiger partial charge in [-0.2, -0.15) is 0 Å². The van der Waals surface area contributed by atoms with E-state index in [0.717, 1.165) is 29.5 Å². The predicted octanol–water partition coefficient (Wildman–Crippen LogP) is 2.38. The van der Waals surface area contributed by atoms with E-state index in [1.165, 1.54) is 6.20 Å². The number of carboxylic acids is 1. The Kier molecular flexibility index (Phi) is 4.80. The number of piperidine rings is 1. The third-order valence-corrected chi connectivity index (χ3v) is 4.33. The molecule has 1 aliphatic rings. The summed E-state index contributed by atoms with van der Waals surface area (Å²) in [6, 6.07) is 7.46. The van der Waals surface area contributed by atoms with Crippen LogP contribution >= 0.6 is 11.6 Å². The topological polar surface area (TPSA) is 88.3 Å². The number of likely N-dealkylation sites (tertiary alicyclic amines) is 1. The van der Waals surface area contributed by atoms with Crippen molar-refractivity contribution in [1.82, 2.24) is 19.9 Å². The first kappa shape index (κ1) is 16.4. The zero-order chi connectivity index (χ0) is 17.1. The summed E-state index contributed by atoms with van der Waals surface area (Å²) in [7, 11) is 0. The fourth-order valence-corrected chi connectivity index (χ4v) is 3.09. The number of carbonyl (C=O) groups excluding carboxylic acids is 1. The minimum atomic E-state index is -1.03. The lowest BCUT2D eigenvalue weighted by Crippen LogP contribution is -2.38. The van der Waals surface area contributed by atoms with Gasteiger partial charge in [-0.3, -0.25) is 9.59 Å². The van der Waals surface area contributed by atoms with Crippen molar-refractivity contribution in [2.75, 3.05) is 6.54 Å². The summed E-state index contributed by atoms with van der Waals surface area (Å²) in [5.41, 5.74) is 1.20. The molecule has 1 fully saturated rings. The number of carboxylic acid groups (broad SMARTS) is 1. The van der Waals surface area contributed by atoms with Crippen molar-refractivity contribution in [3.63, 3.8) is 0 Å². The van der Waals surface area contributed by atoms with Gasteiger partial charge < -0.3 is 10.0 Å². The molecule has 0 spiro atoms. The SMILES string of the molecule is O=C(O)Cn1cc(C(=O)N2CCCCC2c2ccc(Cl)cc2)nn1. The number of benzene rings is 1. The largest absolute Gasteiger partial charge is 0.480 e. The molecule has 1 aliphatic heterocycles. The van der Waals surface area contributed by atoms with Crippen LogP contribution < -0.4 is 0 Å². The molecule has 1 amide bonds. The lowest BCUT2D eigenvalue weighted by Gasteiger charge is -2.35. The first-order chi connectivity index (χ1) is 11.5. The Morgan fingerprint density at radius 1 is 1.25 bits per heavy atom. The number of hydrogen-bond acceptors (Lipinski definition) is 4. The highest BCUT2D eigenvalue weighted by molar-refractivity contribution is 6.30. The van der Waals surface area contributed by atoms with E-state index in [2.05, 4.69) is 10.3 Å². The maximum atomic E-state index is 12.8. The van der Waals surface area contributed by atoms with Crippen LogP contribution in [0.25, 0.3) is 0 Å². The average Bonchev–Trinajstić information content (AvgIpc) is 3.02. The molecule has 0 aliphatic carbocycles. The van der Waals surface area contributed by atoms with Crippen LogP contribution in [0.15, 0.2) is 30.5 Å². The molecule has 0 radical (unpaired) electrons. The van der Waals surface area contributed by atoms with Crippen molar-refractivity contribution < 1.29 is 14.7 Å². The Morgan fingerprint density at radius 2 is 2.00 bits per heavy atom. The molecule has 24 heavy (non-hydrogen) atoms. The van der Waals surface area contributed by atoms with Gasteiger partial charge >= 0.3 is 5.97 Å². The standard InChI is InChI=1S/C16H17ClN4O3/c17-12-6-4-11(5-7-12)14-3-1-2-8-21(14)16(24)13-9-20(19-18-13)10-15(22)23/h4-7,9,14H,1-3,8,10H2,(H,22,23). The van der Waals surface area contributed by atoms with Gasteiger partial charge in [-0.1, -0.05) is 28.9 Å². The maximum absolute atomic E-state index is 12.8. The van der Waals surface area contributed by atoms with E-state index in [-0.39, 0.29) is 24.2 Å². The highest BCUT2D eigenvalue weighted by Gasteiger charge is 2.30. The molecular formula is C16H17ClN4O3. The van der Waals surface area contributed by atoms with Gasteiger partial charge in [0.15, 0.2) is 5.69 Å². The third kappa shape index (κ3) is 3.56. The first-order valence-electron chi connectivity index (χ1n) is 7.73. The summed E-state index contributed by atoms with van der Waals surface area (Å²) in [5.74, 6) is -1.26. The van der Waals surface area contributed by atoms with Gasteiger partial charge in [0.1, 0.15) is 6.54 Å². The van der Waals surface area contributed by atoms with Gasteiger partial charge in [-0.15, -0.1) is 5.10 Å². The van der Waals surface area contributed by atoms with E-state index >= 15 is 0 Å². The quantitative estimate of drug-likeness (QED) is 0.916. The number of hydrogen-bond donors (Lipinski definition) is 1. The molecule has 1 atom stereocenters. The van der Waals surface area contributed by atoms with Crippen LogP contribution in [0.4, 0.5) is 0 Å². The Bertz CT molecular complexity index is 744. The van der Waals surface area contributed by atoms with E-state index in [4.69, 9.17) is 16.7 Å². The summed E-state index contributed by atoms with van der Waals surface area (Å²) in [5, 5.41) is 17.0. The van der Waals surface area contributed by atoms with Crippen LogP contribution in [0.2, 0.25) is 5.02 Å². The van der Waals surface area contributed by atoms with Gasteiger partial charge in [-0.05, 0) is 37.0 Å². The molecule has 1 aromatic carbocycles. The molecule has 0 bridgehead atoms. The third-order valence-electron chi connectivity index (χ3n) is 4.07. The zero-order valence-electron chi connectivity index (χ0n) is 12.9. The number of carbonyl (C=O) groups is 2. The molecular weight excluding hydrogens is 332 g/mol. The first-order valence-corrected chi connectivity index (χ1v) is 8.11. The molecule has 1 aromatic heterocycles. The van der Waals surface area contributed by atoms with Crippen LogP contribution in [-0.4, -0.2) is 43.4 Å². The summed E-state index contributed by atoms with van der Waals surface area (Å²) in [6.07, 6.45) is 4.22. The molecule has 1 N–H and O–H groups in total. The zero-order valence-corrected chi connectivity index (χ0v) is 13.7. The summed E-state index contributed by atoms with van der Waals surface area (Å²) in [4.78, 5) is 25.3. The molecule has 2 heterocycles. The number of halogens is 1. The van der Waals surface area contributed by atoms with Crippen LogP contribution in [-0.2, 0) is 11.3 Å². The van der Waals surface area contributed by atoms with Gasteiger partial charge in [-0.25, -0.2) is 4.68 Å². The van der Waals surface area contributed by atoms with Crippen LogP contribution in [0.3, 0.4) is 0 Å². The highest BCUT2D eigenvalue weighted by atomic mass is 35.5. The number of aliphatic carboxylic acids is 1. The molecule has 8 heteroatoms. The van der Waals surface area contributed by atoms with Crippen molar-refractivity contribution in [2.24, 2.45) is 0 Å². The average molecular weight is 349 g/mol.